The van der Waals surface area contributed by atoms with Crippen molar-refractivity contribution in [1.29, 1.82) is 0 Å². The molecule has 3 aromatic rings. The fraction of sp³-hybridized carbons (Fsp3) is 0.0667. The standard InChI is InChI=1S/C15H11N3O2S2.BrH/c1-2-14(21-5-1)11-8-22-15(17-11)18-16-7-10-3-4-12-13(6-10)20-9-19-12;/h1-8H,9H2,(H,17,18);1H/b16-7+;. The molecule has 0 amide bonds. The highest BCUT2D eigenvalue weighted by Gasteiger charge is 2.12. The second kappa shape index (κ2) is 7.12. The predicted octanol–water partition coefficient (Wildman–Crippen LogP) is 4.62. The minimum Gasteiger partial charge on any atom is -0.454 e. The molecule has 8 heteroatoms. The number of fused-ring (bicyclic) bond motifs is 1. The van der Waals surface area contributed by atoms with Gasteiger partial charge in [-0.1, -0.05) is 6.07 Å². The zero-order valence-corrected chi connectivity index (χ0v) is 15.1. The van der Waals surface area contributed by atoms with Crippen molar-refractivity contribution in [3.05, 3.63) is 46.7 Å². The Labute approximate surface area is 151 Å². The summed E-state index contributed by atoms with van der Waals surface area (Å²) in [6.45, 7) is 0.277. The topological polar surface area (TPSA) is 55.7 Å². The van der Waals surface area contributed by atoms with E-state index in [4.69, 9.17) is 9.47 Å². The normalized spacial score (nSPS) is 12.3. The third kappa shape index (κ3) is 3.54. The fourth-order valence-electron chi connectivity index (χ4n) is 2.02. The lowest BCUT2D eigenvalue weighted by molar-refractivity contribution is 0.174. The first-order chi connectivity index (χ1) is 10.9. The summed E-state index contributed by atoms with van der Waals surface area (Å²) < 4.78 is 10.6. The second-order valence-electron chi connectivity index (χ2n) is 4.50. The van der Waals surface area contributed by atoms with Crippen LogP contribution in [0.5, 0.6) is 11.5 Å². The number of aromatic nitrogens is 1. The van der Waals surface area contributed by atoms with Crippen LogP contribution in [0.3, 0.4) is 0 Å². The number of halogens is 1. The van der Waals surface area contributed by atoms with Gasteiger partial charge in [0.05, 0.1) is 16.8 Å². The molecule has 1 aromatic carbocycles. The number of nitrogens with zero attached hydrogens (tertiary/aromatic N) is 2. The Hall–Kier alpha value is -1.90. The number of nitrogens with one attached hydrogen (secondary N) is 1. The van der Waals surface area contributed by atoms with E-state index in [1.54, 1.807) is 17.6 Å². The average Bonchev–Trinajstić information content (AvgIpc) is 3.28. The predicted molar refractivity (Wildman–Crippen MR) is 99.5 cm³/mol. The van der Waals surface area contributed by atoms with Crippen molar-refractivity contribution in [2.75, 3.05) is 12.2 Å². The maximum atomic E-state index is 5.33. The number of ether oxygens (including phenoxy) is 2. The van der Waals surface area contributed by atoms with Crippen LogP contribution in [0.2, 0.25) is 0 Å². The molecule has 5 nitrogen and oxygen atoms in total. The zero-order valence-electron chi connectivity index (χ0n) is 11.8. The molecule has 0 unspecified atom stereocenters. The highest BCUT2D eigenvalue weighted by Crippen LogP contribution is 2.32. The Bertz CT molecular complexity index is 818. The first kappa shape index (κ1) is 16.0. The van der Waals surface area contributed by atoms with Gasteiger partial charge in [0, 0.05) is 5.38 Å². The third-order valence-electron chi connectivity index (χ3n) is 3.05. The molecule has 3 heterocycles. The molecule has 0 atom stereocenters. The summed E-state index contributed by atoms with van der Waals surface area (Å²) in [5.41, 5.74) is 4.86. The number of thiazole rings is 1. The van der Waals surface area contributed by atoms with E-state index >= 15 is 0 Å². The lowest BCUT2D eigenvalue weighted by Gasteiger charge is -1.97. The van der Waals surface area contributed by atoms with Gasteiger partial charge in [-0.25, -0.2) is 4.98 Å². The molecule has 118 valence electrons. The van der Waals surface area contributed by atoms with Crippen LogP contribution in [0.4, 0.5) is 5.13 Å². The Morgan fingerprint density at radius 3 is 2.96 bits per heavy atom. The van der Waals surface area contributed by atoms with Crippen molar-refractivity contribution in [2.24, 2.45) is 5.10 Å². The number of anilines is 1. The largest absolute Gasteiger partial charge is 0.454 e. The molecule has 0 bridgehead atoms. The van der Waals surface area contributed by atoms with Gasteiger partial charge in [0.2, 0.25) is 11.9 Å². The Kier molecular flexibility index (Phi) is 4.94. The number of hydrogen-bond donors (Lipinski definition) is 1. The second-order valence-corrected chi connectivity index (χ2v) is 6.30. The number of hydrogen-bond acceptors (Lipinski definition) is 7. The van der Waals surface area contributed by atoms with E-state index in [9.17, 15) is 0 Å². The van der Waals surface area contributed by atoms with Crippen molar-refractivity contribution in [3.63, 3.8) is 0 Å². The maximum absolute atomic E-state index is 5.33. The lowest BCUT2D eigenvalue weighted by Crippen LogP contribution is -1.93. The van der Waals surface area contributed by atoms with E-state index in [1.165, 1.54) is 11.3 Å². The molecule has 1 aliphatic rings. The Morgan fingerprint density at radius 1 is 1.17 bits per heavy atom. The van der Waals surface area contributed by atoms with Crippen LogP contribution in [0.25, 0.3) is 10.6 Å². The Balaban J connectivity index is 0.00000156. The molecule has 1 N–H and O–H groups in total. The fourth-order valence-corrected chi connectivity index (χ4v) is 3.44. The molecule has 0 saturated carbocycles. The monoisotopic (exact) mass is 409 g/mol. The van der Waals surface area contributed by atoms with Gasteiger partial charge in [-0.15, -0.1) is 39.7 Å². The van der Waals surface area contributed by atoms with Gasteiger partial charge in [-0.2, -0.15) is 5.10 Å². The summed E-state index contributed by atoms with van der Waals surface area (Å²) in [7, 11) is 0. The van der Waals surface area contributed by atoms with Crippen LogP contribution >= 0.6 is 39.7 Å². The van der Waals surface area contributed by atoms with Crippen LogP contribution in [-0.4, -0.2) is 18.0 Å². The lowest BCUT2D eigenvalue weighted by atomic mass is 10.2. The number of benzene rings is 1. The van der Waals surface area contributed by atoms with Gasteiger partial charge >= 0.3 is 0 Å². The summed E-state index contributed by atoms with van der Waals surface area (Å²) in [5, 5.41) is 9.04. The first-order valence-electron chi connectivity index (χ1n) is 6.56. The summed E-state index contributed by atoms with van der Waals surface area (Å²) in [6, 6.07) is 9.77. The van der Waals surface area contributed by atoms with Crippen molar-refractivity contribution in [1.82, 2.24) is 4.98 Å². The molecule has 23 heavy (non-hydrogen) atoms. The molecule has 1 aliphatic heterocycles. The highest BCUT2D eigenvalue weighted by atomic mass is 79.9. The minimum absolute atomic E-state index is 0. The smallest absolute Gasteiger partial charge is 0.231 e. The van der Waals surface area contributed by atoms with E-state index in [1.807, 2.05) is 35.0 Å². The van der Waals surface area contributed by atoms with Crippen LogP contribution in [-0.2, 0) is 0 Å². The van der Waals surface area contributed by atoms with Crippen LogP contribution < -0.4 is 14.9 Å². The first-order valence-corrected chi connectivity index (χ1v) is 8.32. The summed E-state index contributed by atoms with van der Waals surface area (Å²) in [5.74, 6) is 1.52. The zero-order chi connectivity index (χ0) is 14.8. The van der Waals surface area contributed by atoms with Crippen LogP contribution in [0.15, 0.2) is 46.2 Å². The number of rotatable bonds is 4. The van der Waals surface area contributed by atoms with Crippen LogP contribution in [0.1, 0.15) is 5.56 Å². The minimum atomic E-state index is 0. The van der Waals surface area contributed by atoms with E-state index < -0.39 is 0 Å². The Morgan fingerprint density at radius 2 is 2.09 bits per heavy atom. The molecule has 2 aromatic heterocycles. The van der Waals surface area contributed by atoms with Gasteiger partial charge in [0.1, 0.15) is 0 Å². The molecule has 0 spiro atoms. The summed E-state index contributed by atoms with van der Waals surface area (Å²) in [4.78, 5) is 5.66. The summed E-state index contributed by atoms with van der Waals surface area (Å²) in [6.07, 6.45) is 1.73. The molecule has 0 fully saturated rings. The molecular weight excluding hydrogens is 398 g/mol. The van der Waals surface area contributed by atoms with Gasteiger partial charge in [-0.3, -0.25) is 5.43 Å². The van der Waals surface area contributed by atoms with E-state index in [0.717, 1.165) is 32.8 Å². The van der Waals surface area contributed by atoms with Crippen molar-refractivity contribution >= 4 is 51.0 Å². The van der Waals surface area contributed by atoms with Crippen molar-refractivity contribution in [3.8, 4) is 22.1 Å². The maximum Gasteiger partial charge on any atom is 0.231 e. The molecule has 0 aliphatic carbocycles. The third-order valence-corrected chi connectivity index (χ3v) is 4.69. The van der Waals surface area contributed by atoms with E-state index in [-0.39, 0.29) is 23.8 Å². The molecular formula is C15H12BrN3O2S2. The van der Waals surface area contributed by atoms with E-state index in [0.29, 0.717) is 0 Å². The van der Waals surface area contributed by atoms with E-state index in [2.05, 4.69) is 21.6 Å². The SMILES string of the molecule is Br.C(=N\Nc1nc(-c2cccs2)cs1)/c1ccc2c(c1)OCO2. The highest BCUT2D eigenvalue weighted by molar-refractivity contribution is 8.93. The van der Waals surface area contributed by atoms with Gasteiger partial charge in [0.25, 0.3) is 0 Å². The number of thiophene rings is 1. The van der Waals surface area contributed by atoms with Crippen molar-refractivity contribution < 1.29 is 9.47 Å². The number of hydrazone groups is 1. The van der Waals surface area contributed by atoms with Crippen molar-refractivity contribution in [2.45, 2.75) is 0 Å². The summed E-state index contributed by atoms with van der Waals surface area (Å²) >= 11 is 3.20. The molecule has 0 saturated heterocycles. The van der Waals surface area contributed by atoms with Gasteiger partial charge in [-0.05, 0) is 35.2 Å². The van der Waals surface area contributed by atoms with Crippen LogP contribution in [0, 0.1) is 0 Å². The quantitative estimate of drug-likeness (QED) is 0.504. The molecule has 0 radical (unpaired) electrons. The van der Waals surface area contributed by atoms with Gasteiger partial charge < -0.3 is 9.47 Å². The average molecular weight is 410 g/mol. The molecule has 4 rings (SSSR count). The van der Waals surface area contributed by atoms with Gasteiger partial charge in [0.15, 0.2) is 11.5 Å².